The predicted octanol–water partition coefficient (Wildman–Crippen LogP) is 6.79. The second-order valence-electron chi connectivity index (χ2n) is 16.6. The normalized spacial score (nSPS) is 13.8. The lowest BCUT2D eigenvalue weighted by molar-refractivity contribution is -0.138. The van der Waals surface area contributed by atoms with Crippen molar-refractivity contribution in [2.24, 2.45) is 11.3 Å². The second-order valence-corrected chi connectivity index (χ2v) is 16.6. The van der Waals surface area contributed by atoms with Crippen LogP contribution in [0.15, 0.2) is 78.9 Å². The van der Waals surface area contributed by atoms with Crippen molar-refractivity contribution in [1.82, 2.24) is 20.4 Å². The zero-order valence-electron chi connectivity index (χ0n) is 37.2. The molecule has 0 aliphatic carbocycles. The largest absolute Gasteiger partial charge is 0.453 e. The highest BCUT2D eigenvalue weighted by atomic mass is 16.5. The van der Waals surface area contributed by atoms with Crippen LogP contribution in [0.25, 0.3) is 0 Å². The van der Waals surface area contributed by atoms with E-state index in [0.29, 0.717) is 56.8 Å². The molecule has 1 aliphatic rings. The van der Waals surface area contributed by atoms with Gasteiger partial charge in [-0.25, -0.2) is 9.59 Å². The Morgan fingerprint density at radius 2 is 1.33 bits per heavy atom. The van der Waals surface area contributed by atoms with Crippen LogP contribution in [0.1, 0.15) is 78.9 Å². The van der Waals surface area contributed by atoms with E-state index in [4.69, 9.17) is 4.74 Å². The van der Waals surface area contributed by atoms with Gasteiger partial charge >= 0.3 is 12.2 Å². The first-order valence-corrected chi connectivity index (χ1v) is 20.8. The van der Waals surface area contributed by atoms with E-state index in [2.05, 4.69) is 51.7 Å². The summed E-state index contributed by atoms with van der Waals surface area (Å²) in [5.41, 5.74) is 3.59. The van der Waals surface area contributed by atoms with Crippen molar-refractivity contribution >= 4 is 52.9 Å². The van der Waals surface area contributed by atoms with Gasteiger partial charge in [-0.2, -0.15) is 0 Å². The number of hydrogen-bond donors (Lipinski definition) is 4. The zero-order valence-corrected chi connectivity index (χ0v) is 37.2. The van der Waals surface area contributed by atoms with Gasteiger partial charge in [-0.3, -0.25) is 19.2 Å². The van der Waals surface area contributed by atoms with Crippen molar-refractivity contribution in [2.75, 3.05) is 55.9 Å². The number of carbonyl (C=O) groups is 6. The molecule has 0 saturated carbocycles. The fourth-order valence-corrected chi connectivity index (χ4v) is 6.51. The minimum Gasteiger partial charge on any atom is -0.453 e. The molecule has 1 heterocycles. The van der Waals surface area contributed by atoms with E-state index in [-0.39, 0.29) is 36.7 Å². The van der Waals surface area contributed by atoms with Crippen molar-refractivity contribution in [2.45, 2.75) is 92.9 Å². The van der Waals surface area contributed by atoms with Crippen LogP contribution >= 0.6 is 0 Å². The minimum absolute atomic E-state index is 0.178. The Kier molecular flexibility index (Phi) is 19.5. The van der Waals surface area contributed by atoms with Gasteiger partial charge < -0.3 is 45.4 Å². The first-order valence-electron chi connectivity index (χ1n) is 20.8. The number of ether oxygens (including phenoxy) is 2. The molecule has 0 aromatic heterocycles. The summed E-state index contributed by atoms with van der Waals surface area (Å²) in [4.78, 5) is 81.1. The predicted molar refractivity (Wildman–Crippen MR) is 238 cm³/mol. The van der Waals surface area contributed by atoms with Crippen molar-refractivity contribution in [3.05, 3.63) is 90.0 Å². The first-order chi connectivity index (χ1) is 28.9. The summed E-state index contributed by atoms with van der Waals surface area (Å²) >= 11 is 0. The fraction of sp³-hybridized carbons (Fsp3) is 0.478. The highest BCUT2D eigenvalue weighted by molar-refractivity contribution is 5.98. The number of anilines is 3. The molecular formula is C46H65N7O8. The molecule has 0 radical (unpaired) electrons. The average molecular weight is 844 g/mol. The maximum absolute atomic E-state index is 13.5. The number of rotatable bonds is 16. The number of amides is 6. The number of nitrogens with one attached hydrogen (secondary N) is 4. The quantitative estimate of drug-likeness (QED) is 0.121. The Labute approximate surface area is 360 Å². The molecule has 3 aromatic rings. The summed E-state index contributed by atoms with van der Waals surface area (Å²) in [7, 11) is 2.45. The number of nitrogens with zero attached hydrogens (tertiary/aromatic N) is 3. The van der Waals surface area contributed by atoms with Crippen LogP contribution in [0.5, 0.6) is 0 Å². The van der Waals surface area contributed by atoms with Gasteiger partial charge in [-0.05, 0) is 78.1 Å². The molecule has 61 heavy (non-hydrogen) atoms. The van der Waals surface area contributed by atoms with Gasteiger partial charge in [0.25, 0.3) is 0 Å². The topological polar surface area (TPSA) is 179 Å². The molecule has 2 atom stereocenters. The van der Waals surface area contributed by atoms with E-state index in [1.165, 1.54) is 24.0 Å². The Hall–Kier alpha value is -6.12. The van der Waals surface area contributed by atoms with Crippen LogP contribution in [-0.2, 0) is 41.7 Å². The molecule has 4 N–H and O–H groups in total. The highest BCUT2D eigenvalue weighted by Gasteiger charge is 2.37. The van der Waals surface area contributed by atoms with E-state index >= 15 is 0 Å². The maximum Gasteiger partial charge on any atom is 0.407 e. The molecule has 6 amide bonds. The molecule has 1 fully saturated rings. The molecule has 332 valence electrons. The summed E-state index contributed by atoms with van der Waals surface area (Å²) in [6, 6.07) is 23.6. The van der Waals surface area contributed by atoms with Gasteiger partial charge in [0.2, 0.25) is 23.6 Å². The molecule has 1 aliphatic heterocycles. The Morgan fingerprint density at radius 1 is 0.787 bits per heavy atom. The minimum atomic E-state index is -0.883. The molecule has 15 heteroatoms. The molecule has 0 bridgehead atoms. The van der Waals surface area contributed by atoms with Gasteiger partial charge in [0.05, 0.1) is 20.8 Å². The second kappa shape index (κ2) is 24.2. The van der Waals surface area contributed by atoms with Gasteiger partial charge in [0, 0.05) is 43.2 Å². The third-order valence-electron chi connectivity index (χ3n) is 9.47. The van der Waals surface area contributed by atoms with Gasteiger partial charge in [-0.1, -0.05) is 90.9 Å². The summed E-state index contributed by atoms with van der Waals surface area (Å²) < 4.78 is 9.26. The van der Waals surface area contributed by atoms with Crippen LogP contribution in [-0.4, -0.2) is 98.1 Å². The van der Waals surface area contributed by atoms with Crippen LogP contribution in [0.4, 0.5) is 26.7 Å². The summed E-state index contributed by atoms with van der Waals surface area (Å²) in [6.45, 7) is 15.4. The lowest BCUT2D eigenvalue weighted by atomic mass is 9.85. The maximum atomic E-state index is 13.5. The van der Waals surface area contributed by atoms with Gasteiger partial charge in [0.15, 0.2) is 0 Å². The standard InChI is InChI=1S/C42H55N7O8.C4H10/c1-7-23-47(39(53)37(42(2,3)4)46-41(55)57-6)28-35(50)44-31-19-15-29(16-20-31)26-48(33-12-9-8-10-13-33)27-30-17-21-32(22-18-30)45-38(52)34-14-11-24-49(34)36(51)25-43-40(54)56-5;1-4(2)3/h8-10,12-13,15-22,34,37H,7,11,14,23-28H2,1-6H3,(H,43,54)(H,44,50)(H,45,52)(H,46,55);4H,1-3H3. The number of hydrogen-bond acceptors (Lipinski definition) is 9. The number of likely N-dealkylation sites (tertiary alicyclic amines) is 1. The highest BCUT2D eigenvalue weighted by Crippen LogP contribution is 2.24. The molecule has 3 aromatic carbocycles. The van der Waals surface area contributed by atoms with Gasteiger partial charge in [-0.15, -0.1) is 0 Å². The molecule has 15 nitrogen and oxygen atoms in total. The van der Waals surface area contributed by atoms with Crippen molar-refractivity contribution in [3.63, 3.8) is 0 Å². The van der Waals surface area contributed by atoms with Crippen LogP contribution < -0.4 is 26.2 Å². The number of benzene rings is 3. The summed E-state index contributed by atoms with van der Waals surface area (Å²) in [6.07, 6.45) is 0.418. The van der Waals surface area contributed by atoms with Crippen LogP contribution in [0.2, 0.25) is 0 Å². The Bertz CT molecular complexity index is 1880. The van der Waals surface area contributed by atoms with E-state index in [1.807, 2.05) is 107 Å². The molecule has 0 spiro atoms. The molecule has 1 saturated heterocycles. The first kappa shape index (κ1) is 49.2. The van der Waals surface area contributed by atoms with E-state index in [1.54, 1.807) is 0 Å². The Balaban J connectivity index is 0.00000237. The van der Waals surface area contributed by atoms with Crippen molar-refractivity contribution < 1.29 is 38.2 Å². The summed E-state index contributed by atoms with van der Waals surface area (Å²) in [5, 5.41) is 10.8. The number of methoxy groups -OCH3 is 2. The van der Waals surface area contributed by atoms with Gasteiger partial charge in [0.1, 0.15) is 18.6 Å². The third kappa shape index (κ3) is 16.5. The molecule has 2 unspecified atom stereocenters. The molecular weight excluding hydrogens is 779 g/mol. The van der Waals surface area contributed by atoms with E-state index < -0.39 is 29.7 Å². The summed E-state index contributed by atoms with van der Waals surface area (Å²) in [5.74, 6) is -0.524. The lowest BCUT2D eigenvalue weighted by Gasteiger charge is -2.34. The van der Waals surface area contributed by atoms with E-state index in [0.717, 1.165) is 22.7 Å². The monoisotopic (exact) mass is 843 g/mol. The van der Waals surface area contributed by atoms with Crippen LogP contribution in [0.3, 0.4) is 0 Å². The SMILES string of the molecule is CC(C)C.CCCN(CC(=O)Nc1ccc(CN(Cc2ccc(NC(=O)C3CCCN3C(=O)CNC(=O)OC)cc2)c2ccccc2)cc1)C(=O)C(NC(=O)OC)C(C)(C)C. The number of carbonyl (C=O) groups excluding carboxylic acids is 6. The molecule has 4 rings (SSSR count). The third-order valence-corrected chi connectivity index (χ3v) is 9.47. The number of para-hydroxylation sites is 1. The van der Waals surface area contributed by atoms with Crippen molar-refractivity contribution in [3.8, 4) is 0 Å². The van der Waals surface area contributed by atoms with E-state index in [9.17, 15) is 28.8 Å². The van der Waals surface area contributed by atoms with Crippen LogP contribution in [0, 0.1) is 11.3 Å². The average Bonchev–Trinajstić information content (AvgIpc) is 3.73. The fourth-order valence-electron chi connectivity index (χ4n) is 6.51. The zero-order chi connectivity index (χ0) is 45.1. The lowest BCUT2D eigenvalue weighted by Crippen LogP contribution is -2.56. The van der Waals surface area contributed by atoms with Crippen molar-refractivity contribution in [1.29, 1.82) is 0 Å². The Morgan fingerprint density at radius 3 is 1.84 bits per heavy atom. The number of alkyl carbamates (subject to hydrolysis) is 2. The smallest absolute Gasteiger partial charge is 0.407 e.